The van der Waals surface area contributed by atoms with E-state index in [1.54, 1.807) is 54.5 Å². The summed E-state index contributed by atoms with van der Waals surface area (Å²) in [6.07, 6.45) is 3.24. The van der Waals surface area contributed by atoms with E-state index in [1.807, 2.05) is 12.1 Å². The molecule has 1 aromatic heterocycles. The number of benzene rings is 2. The van der Waals surface area contributed by atoms with Crippen LogP contribution in [-0.4, -0.2) is 35.3 Å². The SMILES string of the molecule is Cc1ccc(SCCN=CC2C(=O)N(c3ccccn3)C(=O)c3ccccc32)cc1. The molecule has 0 bridgehead atoms. The van der Waals surface area contributed by atoms with Gasteiger partial charge in [-0.2, -0.15) is 0 Å². The van der Waals surface area contributed by atoms with Crippen LogP contribution in [0, 0.1) is 6.92 Å². The van der Waals surface area contributed by atoms with E-state index in [1.165, 1.54) is 10.5 Å². The molecule has 2 heterocycles. The number of fused-ring (bicyclic) bond motifs is 1. The second kappa shape index (κ2) is 9.05. The van der Waals surface area contributed by atoms with Crippen molar-refractivity contribution in [1.29, 1.82) is 0 Å². The predicted octanol–water partition coefficient (Wildman–Crippen LogP) is 4.52. The maximum absolute atomic E-state index is 13.2. The summed E-state index contributed by atoms with van der Waals surface area (Å²) in [5.41, 5.74) is 2.43. The number of aliphatic imine (C=N–C) groups is 1. The maximum atomic E-state index is 13.2. The zero-order chi connectivity index (χ0) is 20.9. The Labute approximate surface area is 179 Å². The van der Waals surface area contributed by atoms with Gasteiger partial charge < -0.3 is 0 Å². The first-order valence-electron chi connectivity index (χ1n) is 9.73. The lowest BCUT2D eigenvalue weighted by molar-refractivity contribution is -0.118. The largest absolute Gasteiger partial charge is 0.295 e. The summed E-state index contributed by atoms with van der Waals surface area (Å²) in [6.45, 7) is 2.65. The van der Waals surface area contributed by atoms with E-state index in [0.717, 1.165) is 10.7 Å². The number of pyridine rings is 1. The molecule has 0 N–H and O–H groups in total. The number of imide groups is 1. The number of nitrogens with zero attached hydrogens (tertiary/aromatic N) is 3. The lowest BCUT2D eigenvalue weighted by Crippen LogP contribution is -2.46. The zero-order valence-electron chi connectivity index (χ0n) is 16.6. The molecular formula is C24H21N3O2S. The number of carbonyl (C=O) groups excluding carboxylic acids is 2. The molecule has 1 aliphatic rings. The van der Waals surface area contributed by atoms with E-state index in [0.29, 0.717) is 23.5 Å². The molecule has 2 aromatic carbocycles. The number of rotatable bonds is 6. The second-order valence-electron chi connectivity index (χ2n) is 6.95. The van der Waals surface area contributed by atoms with Crippen molar-refractivity contribution < 1.29 is 9.59 Å². The highest BCUT2D eigenvalue weighted by Crippen LogP contribution is 2.31. The normalized spacial score (nSPS) is 16.2. The van der Waals surface area contributed by atoms with Gasteiger partial charge in [-0.1, -0.05) is 42.0 Å². The van der Waals surface area contributed by atoms with Gasteiger partial charge in [-0.05, 0) is 42.8 Å². The van der Waals surface area contributed by atoms with Crippen LogP contribution >= 0.6 is 11.8 Å². The summed E-state index contributed by atoms with van der Waals surface area (Å²) in [6, 6.07) is 20.7. The van der Waals surface area contributed by atoms with Crippen LogP contribution in [0.4, 0.5) is 5.82 Å². The zero-order valence-corrected chi connectivity index (χ0v) is 17.4. The van der Waals surface area contributed by atoms with Crippen LogP contribution in [0.25, 0.3) is 0 Å². The molecule has 3 aromatic rings. The molecule has 0 fully saturated rings. The van der Waals surface area contributed by atoms with Gasteiger partial charge in [-0.3, -0.25) is 14.6 Å². The third-order valence-corrected chi connectivity index (χ3v) is 5.85. The fourth-order valence-electron chi connectivity index (χ4n) is 3.33. The number of anilines is 1. The fourth-order valence-corrected chi connectivity index (χ4v) is 4.09. The van der Waals surface area contributed by atoms with Gasteiger partial charge >= 0.3 is 0 Å². The molecule has 0 saturated heterocycles. The first-order chi connectivity index (χ1) is 14.6. The van der Waals surface area contributed by atoms with Crippen LogP contribution in [0.2, 0.25) is 0 Å². The summed E-state index contributed by atoms with van der Waals surface area (Å²) in [5, 5.41) is 0. The van der Waals surface area contributed by atoms with Gasteiger partial charge in [0.1, 0.15) is 5.82 Å². The summed E-state index contributed by atoms with van der Waals surface area (Å²) >= 11 is 1.73. The van der Waals surface area contributed by atoms with Crippen LogP contribution in [0.1, 0.15) is 27.4 Å². The predicted molar refractivity (Wildman–Crippen MR) is 120 cm³/mol. The van der Waals surface area contributed by atoms with E-state index >= 15 is 0 Å². The molecule has 1 aliphatic heterocycles. The number of aryl methyl sites for hydroxylation is 1. The number of hydrogen-bond donors (Lipinski definition) is 0. The summed E-state index contributed by atoms with van der Waals surface area (Å²) in [4.78, 5) is 37.2. The summed E-state index contributed by atoms with van der Waals surface area (Å²) < 4.78 is 0. The second-order valence-corrected chi connectivity index (χ2v) is 8.12. The lowest BCUT2D eigenvalue weighted by atomic mass is 9.89. The molecule has 2 amide bonds. The van der Waals surface area contributed by atoms with E-state index in [-0.39, 0.29) is 11.8 Å². The lowest BCUT2D eigenvalue weighted by Gasteiger charge is -2.30. The van der Waals surface area contributed by atoms with Gasteiger partial charge in [0.15, 0.2) is 0 Å². The minimum atomic E-state index is -0.606. The summed E-state index contributed by atoms with van der Waals surface area (Å²) in [7, 11) is 0. The molecule has 1 atom stereocenters. The highest BCUT2D eigenvalue weighted by Gasteiger charge is 2.39. The number of carbonyl (C=O) groups is 2. The molecule has 5 nitrogen and oxygen atoms in total. The monoisotopic (exact) mass is 415 g/mol. The topological polar surface area (TPSA) is 62.6 Å². The number of amides is 2. The number of aromatic nitrogens is 1. The van der Waals surface area contributed by atoms with E-state index in [2.05, 4.69) is 41.2 Å². The van der Waals surface area contributed by atoms with Crippen LogP contribution in [0.3, 0.4) is 0 Å². The Kier molecular flexibility index (Phi) is 6.05. The number of hydrogen-bond acceptors (Lipinski definition) is 5. The van der Waals surface area contributed by atoms with Crippen molar-refractivity contribution in [3.05, 3.63) is 89.6 Å². The van der Waals surface area contributed by atoms with Crippen molar-refractivity contribution >= 4 is 35.6 Å². The van der Waals surface area contributed by atoms with Crippen LogP contribution in [0.15, 0.2) is 82.8 Å². The molecule has 4 rings (SSSR count). The van der Waals surface area contributed by atoms with Crippen LogP contribution in [-0.2, 0) is 4.79 Å². The van der Waals surface area contributed by atoms with Crippen molar-refractivity contribution in [1.82, 2.24) is 4.98 Å². The van der Waals surface area contributed by atoms with Gasteiger partial charge in [-0.25, -0.2) is 9.88 Å². The molecule has 0 aliphatic carbocycles. The van der Waals surface area contributed by atoms with Crippen molar-refractivity contribution in [2.45, 2.75) is 17.7 Å². The first kappa shape index (κ1) is 20.0. The Bertz CT molecular complexity index is 1080. The van der Waals surface area contributed by atoms with Crippen molar-refractivity contribution in [3.8, 4) is 0 Å². The van der Waals surface area contributed by atoms with Crippen molar-refractivity contribution in [3.63, 3.8) is 0 Å². The third-order valence-electron chi connectivity index (χ3n) is 4.86. The Hall–Kier alpha value is -3.25. The van der Waals surface area contributed by atoms with Gasteiger partial charge in [0, 0.05) is 35.2 Å². The van der Waals surface area contributed by atoms with E-state index in [9.17, 15) is 9.59 Å². The third kappa shape index (κ3) is 4.19. The summed E-state index contributed by atoms with van der Waals surface area (Å²) in [5.74, 6) is -0.146. The first-order valence-corrected chi connectivity index (χ1v) is 10.7. The van der Waals surface area contributed by atoms with E-state index < -0.39 is 5.92 Å². The quantitative estimate of drug-likeness (QED) is 0.257. The Morgan fingerprint density at radius 1 is 1.03 bits per heavy atom. The average molecular weight is 416 g/mol. The molecule has 6 heteroatoms. The minimum Gasteiger partial charge on any atom is -0.295 e. The molecular weight excluding hydrogens is 394 g/mol. The van der Waals surface area contributed by atoms with E-state index in [4.69, 9.17) is 0 Å². The van der Waals surface area contributed by atoms with Gasteiger partial charge in [0.25, 0.3) is 5.91 Å². The number of thioether (sulfide) groups is 1. The van der Waals surface area contributed by atoms with Gasteiger partial charge in [-0.15, -0.1) is 11.8 Å². The highest BCUT2D eigenvalue weighted by atomic mass is 32.2. The molecule has 30 heavy (non-hydrogen) atoms. The molecule has 0 spiro atoms. The molecule has 150 valence electrons. The van der Waals surface area contributed by atoms with Gasteiger partial charge in [0.2, 0.25) is 5.91 Å². The minimum absolute atomic E-state index is 0.327. The van der Waals surface area contributed by atoms with Crippen molar-refractivity contribution in [2.24, 2.45) is 4.99 Å². The standard InChI is InChI=1S/C24H21N3O2S/c1-17-9-11-18(12-10-17)30-15-14-25-16-21-19-6-2-3-7-20(19)23(28)27(24(21)29)22-8-4-5-13-26-22/h2-13,16,21H,14-15H2,1H3. The smallest absolute Gasteiger partial charge is 0.266 e. The van der Waals surface area contributed by atoms with Crippen molar-refractivity contribution in [2.75, 3.05) is 17.2 Å². The Balaban J connectivity index is 1.51. The Morgan fingerprint density at radius 2 is 1.80 bits per heavy atom. The highest BCUT2D eigenvalue weighted by molar-refractivity contribution is 7.99. The average Bonchev–Trinajstić information content (AvgIpc) is 2.78. The molecule has 0 radical (unpaired) electrons. The van der Waals surface area contributed by atoms with Crippen LogP contribution < -0.4 is 4.90 Å². The van der Waals surface area contributed by atoms with Gasteiger partial charge in [0.05, 0.1) is 5.92 Å². The molecule has 1 unspecified atom stereocenters. The maximum Gasteiger partial charge on any atom is 0.266 e. The van der Waals surface area contributed by atoms with Crippen LogP contribution in [0.5, 0.6) is 0 Å². The molecule has 0 saturated carbocycles. The fraction of sp³-hybridized carbons (Fsp3) is 0.167. The Morgan fingerprint density at radius 3 is 2.57 bits per heavy atom.